The number of ether oxygens (including phenoxy) is 2. The lowest BCUT2D eigenvalue weighted by Gasteiger charge is -2.37. The molecule has 3 rings (SSSR count). The van der Waals surface area contributed by atoms with Gasteiger partial charge >= 0.3 is 0 Å². The Kier molecular flexibility index (Phi) is 7.56. The molecule has 1 aliphatic rings. The predicted octanol–water partition coefficient (Wildman–Crippen LogP) is 4.60. The highest BCUT2D eigenvalue weighted by atomic mass is 32.1. The molecule has 1 amide bonds. The fraction of sp³-hybridized carbons (Fsp3) is 0.522. The molecular weight excluding hydrogens is 384 g/mol. The smallest absolute Gasteiger partial charge is 0.258 e. The maximum atomic E-state index is 12.8. The number of nitrogens with zero attached hydrogens (tertiary/aromatic N) is 1. The molecule has 1 atom stereocenters. The summed E-state index contributed by atoms with van der Waals surface area (Å²) < 4.78 is 10.7. The van der Waals surface area contributed by atoms with Crippen molar-refractivity contribution >= 4 is 17.2 Å². The van der Waals surface area contributed by atoms with Gasteiger partial charge in [0.1, 0.15) is 17.1 Å². The summed E-state index contributed by atoms with van der Waals surface area (Å²) in [5.41, 5.74) is 0.469. The van der Waals surface area contributed by atoms with Gasteiger partial charge in [0.05, 0.1) is 14.2 Å². The first-order valence-electron chi connectivity index (χ1n) is 10.2. The second-order valence-corrected chi connectivity index (χ2v) is 8.93. The van der Waals surface area contributed by atoms with Crippen LogP contribution in [-0.2, 0) is 0 Å². The van der Waals surface area contributed by atoms with E-state index in [0.717, 1.165) is 12.8 Å². The fourth-order valence-corrected chi connectivity index (χ4v) is 5.49. The maximum Gasteiger partial charge on any atom is 0.258 e. The van der Waals surface area contributed by atoms with Crippen LogP contribution < -0.4 is 14.8 Å². The van der Waals surface area contributed by atoms with Crippen LogP contribution in [0.5, 0.6) is 11.5 Å². The Morgan fingerprint density at radius 3 is 2.28 bits per heavy atom. The topological polar surface area (TPSA) is 50.8 Å². The van der Waals surface area contributed by atoms with E-state index >= 15 is 0 Å². The van der Waals surface area contributed by atoms with Crippen LogP contribution in [0.2, 0.25) is 0 Å². The van der Waals surface area contributed by atoms with Gasteiger partial charge in [-0.2, -0.15) is 0 Å². The first kappa shape index (κ1) is 21.7. The van der Waals surface area contributed by atoms with Gasteiger partial charge in [-0.3, -0.25) is 4.79 Å². The number of carbonyl (C=O) groups is 1. The summed E-state index contributed by atoms with van der Waals surface area (Å²) in [5.74, 6) is 2.13. The van der Waals surface area contributed by atoms with E-state index in [1.165, 1.54) is 17.7 Å². The van der Waals surface area contributed by atoms with Crippen molar-refractivity contribution in [3.63, 3.8) is 0 Å². The van der Waals surface area contributed by atoms with Gasteiger partial charge in [-0.1, -0.05) is 12.1 Å². The molecule has 0 bridgehead atoms. The van der Waals surface area contributed by atoms with E-state index in [9.17, 15) is 4.79 Å². The highest BCUT2D eigenvalue weighted by molar-refractivity contribution is 7.10. The number of benzene rings is 1. The van der Waals surface area contributed by atoms with Crippen LogP contribution in [0.3, 0.4) is 0 Å². The minimum Gasteiger partial charge on any atom is -0.496 e. The highest BCUT2D eigenvalue weighted by Crippen LogP contribution is 2.40. The number of rotatable bonds is 8. The number of amides is 1. The maximum absolute atomic E-state index is 12.8. The van der Waals surface area contributed by atoms with Gasteiger partial charge in [0.25, 0.3) is 5.91 Å². The second-order valence-electron chi connectivity index (χ2n) is 7.95. The molecule has 1 fully saturated rings. The summed E-state index contributed by atoms with van der Waals surface area (Å²) in [6.07, 6.45) is 4.67. The molecule has 29 heavy (non-hydrogen) atoms. The Hall–Kier alpha value is -2.05. The summed E-state index contributed by atoms with van der Waals surface area (Å²) in [6.45, 7) is 0.693. The van der Waals surface area contributed by atoms with Crippen molar-refractivity contribution in [1.29, 1.82) is 0 Å². The monoisotopic (exact) mass is 416 g/mol. The van der Waals surface area contributed by atoms with Crippen molar-refractivity contribution in [3.05, 3.63) is 46.2 Å². The lowest BCUT2D eigenvalue weighted by atomic mass is 9.77. The van der Waals surface area contributed by atoms with E-state index in [-0.39, 0.29) is 5.91 Å². The number of carbonyl (C=O) groups excluding carboxylic acids is 1. The Morgan fingerprint density at radius 1 is 1.10 bits per heavy atom. The van der Waals surface area contributed by atoms with Gasteiger partial charge in [0.2, 0.25) is 0 Å². The zero-order valence-electron chi connectivity index (χ0n) is 17.8. The first-order valence-corrected chi connectivity index (χ1v) is 11.1. The van der Waals surface area contributed by atoms with E-state index in [2.05, 4.69) is 41.8 Å². The molecule has 1 aliphatic carbocycles. The molecule has 0 aliphatic heterocycles. The first-order chi connectivity index (χ1) is 14.0. The molecule has 1 saturated carbocycles. The lowest BCUT2D eigenvalue weighted by molar-refractivity contribution is 0.0928. The van der Waals surface area contributed by atoms with Crippen molar-refractivity contribution in [2.45, 2.75) is 31.7 Å². The summed E-state index contributed by atoms with van der Waals surface area (Å²) in [6, 6.07) is 10.3. The molecule has 5 nitrogen and oxygen atoms in total. The van der Waals surface area contributed by atoms with E-state index in [4.69, 9.17) is 9.47 Å². The largest absolute Gasteiger partial charge is 0.496 e. The van der Waals surface area contributed by atoms with Gasteiger partial charge < -0.3 is 19.7 Å². The number of methoxy groups -OCH3 is 2. The van der Waals surface area contributed by atoms with Crippen LogP contribution in [0, 0.1) is 11.8 Å². The van der Waals surface area contributed by atoms with Crippen LogP contribution in [0.15, 0.2) is 35.7 Å². The number of thiophene rings is 1. The zero-order chi connectivity index (χ0) is 20.8. The SMILES string of the molecule is COc1cccc(OC)c1C(=O)NCC1CCC(C(c2cccs2)N(C)C)CC1. The summed E-state index contributed by atoms with van der Waals surface area (Å²) in [4.78, 5) is 16.6. The Bertz CT molecular complexity index is 761. The molecule has 2 aromatic rings. The lowest BCUT2D eigenvalue weighted by Crippen LogP contribution is -2.34. The van der Waals surface area contributed by atoms with Crippen LogP contribution in [0.1, 0.15) is 47.0 Å². The molecule has 1 aromatic heterocycles. The molecular formula is C23H32N2O3S. The van der Waals surface area contributed by atoms with Gasteiger partial charge in [-0.15, -0.1) is 11.3 Å². The molecule has 1 unspecified atom stereocenters. The number of hydrogen-bond acceptors (Lipinski definition) is 5. The molecule has 0 spiro atoms. The second kappa shape index (κ2) is 10.1. The van der Waals surface area contributed by atoms with Crippen LogP contribution in [0.4, 0.5) is 0 Å². The van der Waals surface area contributed by atoms with Gasteiger partial charge in [-0.25, -0.2) is 0 Å². The third kappa shape index (κ3) is 5.11. The van der Waals surface area contributed by atoms with E-state index in [1.807, 2.05) is 17.4 Å². The standard InChI is InChI=1S/C23H32N2O3S/c1-25(2)22(20-9-6-14-29-20)17-12-10-16(11-13-17)15-24-23(26)21-18(27-3)7-5-8-19(21)28-4/h5-9,14,16-17,22H,10-13,15H2,1-4H3,(H,24,26). The molecule has 1 heterocycles. The average Bonchev–Trinajstić information content (AvgIpc) is 3.26. The van der Waals surface area contributed by atoms with E-state index < -0.39 is 0 Å². The van der Waals surface area contributed by atoms with E-state index in [1.54, 1.807) is 26.4 Å². The summed E-state index contributed by atoms with van der Waals surface area (Å²) >= 11 is 1.85. The van der Waals surface area contributed by atoms with Crippen LogP contribution in [0.25, 0.3) is 0 Å². The number of nitrogens with one attached hydrogen (secondary N) is 1. The highest BCUT2D eigenvalue weighted by Gasteiger charge is 2.31. The van der Waals surface area contributed by atoms with Crippen molar-refractivity contribution in [1.82, 2.24) is 10.2 Å². The van der Waals surface area contributed by atoms with Gasteiger partial charge in [-0.05, 0) is 75.2 Å². The van der Waals surface area contributed by atoms with Crippen LogP contribution >= 0.6 is 11.3 Å². The molecule has 1 N–H and O–H groups in total. The molecule has 6 heteroatoms. The molecule has 0 saturated heterocycles. The summed E-state index contributed by atoms with van der Waals surface area (Å²) in [7, 11) is 7.50. The Labute approximate surface area is 178 Å². The predicted molar refractivity (Wildman–Crippen MR) is 118 cm³/mol. The Morgan fingerprint density at radius 2 is 1.76 bits per heavy atom. The molecule has 158 valence electrons. The van der Waals surface area contributed by atoms with Crippen molar-refractivity contribution in [2.75, 3.05) is 34.9 Å². The number of hydrogen-bond donors (Lipinski definition) is 1. The molecule has 0 radical (unpaired) electrons. The minimum absolute atomic E-state index is 0.133. The van der Waals surface area contributed by atoms with Gasteiger partial charge in [0, 0.05) is 17.5 Å². The molecule has 1 aromatic carbocycles. The fourth-order valence-electron chi connectivity index (χ4n) is 4.48. The van der Waals surface area contributed by atoms with Crippen molar-refractivity contribution in [3.8, 4) is 11.5 Å². The van der Waals surface area contributed by atoms with Gasteiger partial charge in [0.15, 0.2) is 0 Å². The van der Waals surface area contributed by atoms with E-state index in [0.29, 0.717) is 41.5 Å². The Balaban J connectivity index is 1.56. The van der Waals surface area contributed by atoms with Crippen molar-refractivity contribution < 1.29 is 14.3 Å². The minimum atomic E-state index is -0.133. The summed E-state index contributed by atoms with van der Waals surface area (Å²) in [5, 5.41) is 5.27. The third-order valence-corrected chi connectivity index (χ3v) is 6.88. The average molecular weight is 417 g/mol. The quantitative estimate of drug-likeness (QED) is 0.683. The third-order valence-electron chi connectivity index (χ3n) is 5.94. The van der Waals surface area contributed by atoms with Crippen molar-refractivity contribution in [2.24, 2.45) is 11.8 Å². The van der Waals surface area contributed by atoms with Crippen LogP contribution in [-0.4, -0.2) is 45.7 Å². The normalized spacial score (nSPS) is 20.3. The zero-order valence-corrected chi connectivity index (χ0v) is 18.6.